The SMILES string of the molecule is O=C1CN(C(=O)c2ccc(-c3ccccc3)cc2)C(c2ccccc2)c2cc(Cl)ccc2N1. The number of rotatable bonds is 3. The first kappa shape index (κ1) is 21.0. The van der Waals surface area contributed by atoms with Crippen LogP contribution >= 0.6 is 11.6 Å². The number of halogens is 1. The Kier molecular flexibility index (Phi) is 5.68. The highest BCUT2D eigenvalue weighted by Crippen LogP contribution is 2.38. The fraction of sp³-hybridized carbons (Fsp3) is 0.0714. The molecule has 4 nitrogen and oxygen atoms in total. The molecule has 0 saturated carbocycles. The van der Waals surface area contributed by atoms with Crippen molar-refractivity contribution in [2.75, 3.05) is 11.9 Å². The summed E-state index contributed by atoms with van der Waals surface area (Å²) in [5.41, 5.74) is 4.98. The smallest absolute Gasteiger partial charge is 0.255 e. The molecule has 1 aliphatic rings. The van der Waals surface area contributed by atoms with Crippen LogP contribution in [0, 0.1) is 0 Å². The van der Waals surface area contributed by atoms with Gasteiger partial charge >= 0.3 is 0 Å². The lowest BCUT2D eigenvalue weighted by atomic mass is 9.95. The van der Waals surface area contributed by atoms with Gasteiger partial charge in [-0.2, -0.15) is 0 Å². The van der Waals surface area contributed by atoms with Crippen LogP contribution in [0.25, 0.3) is 11.1 Å². The monoisotopic (exact) mass is 452 g/mol. The van der Waals surface area contributed by atoms with Crippen LogP contribution in [0.2, 0.25) is 5.02 Å². The lowest BCUT2D eigenvalue weighted by Gasteiger charge is -2.30. The van der Waals surface area contributed by atoms with E-state index in [1.54, 1.807) is 17.0 Å². The molecule has 1 unspecified atom stereocenters. The highest BCUT2D eigenvalue weighted by molar-refractivity contribution is 6.30. The summed E-state index contributed by atoms with van der Waals surface area (Å²) < 4.78 is 0. The zero-order valence-corrected chi connectivity index (χ0v) is 18.5. The van der Waals surface area contributed by atoms with Crippen LogP contribution in [0.15, 0.2) is 103 Å². The number of amides is 2. The zero-order valence-electron chi connectivity index (χ0n) is 17.7. The van der Waals surface area contributed by atoms with Gasteiger partial charge in [0, 0.05) is 21.8 Å². The van der Waals surface area contributed by atoms with Crippen molar-refractivity contribution >= 4 is 29.1 Å². The van der Waals surface area contributed by atoms with Gasteiger partial charge in [-0.25, -0.2) is 0 Å². The number of fused-ring (bicyclic) bond motifs is 1. The van der Waals surface area contributed by atoms with Crippen LogP contribution in [0.5, 0.6) is 0 Å². The number of hydrogen-bond donors (Lipinski definition) is 1. The highest BCUT2D eigenvalue weighted by Gasteiger charge is 2.34. The molecule has 0 radical (unpaired) electrons. The van der Waals surface area contributed by atoms with E-state index in [2.05, 4.69) is 5.32 Å². The molecule has 0 aliphatic carbocycles. The first-order valence-electron chi connectivity index (χ1n) is 10.7. The maximum absolute atomic E-state index is 13.7. The maximum Gasteiger partial charge on any atom is 0.255 e. The molecule has 4 aromatic carbocycles. The second-order valence-electron chi connectivity index (χ2n) is 7.97. The summed E-state index contributed by atoms with van der Waals surface area (Å²) in [6.45, 7) is -0.0644. The number of carbonyl (C=O) groups excluding carboxylic acids is 2. The third-order valence-corrected chi connectivity index (χ3v) is 6.06. The molecule has 1 atom stereocenters. The molecule has 4 aromatic rings. The standard InChI is InChI=1S/C28H21ClN2O2/c29-23-15-16-25-24(17-23)27(21-9-5-2-6-10-21)31(18-26(32)30-25)28(33)22-13-11-20(12-14-22)19-7-3-1-4-8-19/h1-17,27H,18H2,(H,30,32). The topological polar surface area (TPSA) is 49.4 Å². The number of carbonyl (C=O) groups is 2. The van der Waals surface area contributed by atoms with Gasteiger partial charge in [-0.3, -0.25) is 9.59 Å². The summed E-state index contributed by atoms with van der Waals surface area (Å²) in [6, 6.07) is 32.1. The molecule has 0 bridgehead atoms. The first-order valence-corrected chi connectivity index (χ1v) is 11.1. The summed E-state index contributed by atoms with van der Waals surface area (Å²) in [5.74, 6) is -0.460. The number of benzene rings is 4. The Morgan fingerprint density at radius 2 is 1.45 bits per heavy atom. The van der Waals surface area contributed by atoms with Crippen LogP contribution < -0.4 is 5.32 Å². The molecule has 162 valence electrons. The lowest BCUT2D eigenvalue weighted by molar-refractivity contribution is -0.117. The molecular formula is C28H21ClN2O2. The van der Waals surface area contributed by atoms with E-state index in [9.17, 15) is 9.59 Å². The van der Waals surface area contributed by atoms with E-state index in [1.807, 2.05) is 91.0 Å². The molecule has 0 fully saturated rings. The zero-order chi connectivity index (χ0) is 22.8. The molecule has 2 amide bonds. The maximum atomic E-state index is 13.7. The van der Waals surface area contributed by atoms with Crippen molar-refractivity contribution in [1.82, 2.24) is 4.90 Å². The molecule has 33 heavy (non-hydrogen) atoms. The van der Waals surface area contributed by atoms with Gasteiger partial charge in [-0.15, -0.1) is 0 Å². The van der Waals surface area contributed by atoms with Crippen molar-refractivity contribution in [3.63, 3.8) is 0 Å². The molecule has 0 saturated heterocycles. The normalized spacial score (nSPS) is 15.4. The molecule has 5 heteroatoms. The van der Waals surface area contributed by atoms with Crippen LogP contribution in [-0.4, -0.2) is 23.3 Å². The summed E-state index contributed by atoms with van der Waals surface area (Å²) in [7, 11) is 0. The molecule has 5 rings (SSSR count). The minimum atomic E-state index is -0.458. The number of nitrogens with one attached hydrogen (secondary N) is 1. The van der Waals surface area contributed by atoms with Crippen molar-refractivity contribution in [1.29, 1.82) is 0 Å². The number of hydrogen-bond acceptors (Lipinski definition) is 2. The van der Waals surface area contributed by atoms with E-state index in [-0.39, 0.29) is 18.4 Å². The van der Waals surface area contributed by atoms with E-state index >= 15 is 0 Å². The van der Waals surface area contributed by atoms with Gasteiger partial charge in [0.2, 0.25) is 5.91 Å². The third-order valence-electron chi connectivity index (χ3n) is 5.82. The van der Waals surface area contributed by atoms with Crippen LogP contribution in [0.3, 0.4) is 0 Å². The van der Waals surface area contributed by atoms with Crippen molar-refractivity contribution in [3.05, 3.63) is 125 Å². The molecule has 0 aromatic heterocycles. The van der Waals surface area contributed by atoms with Crippen molar-refractivity contribution in [2.24, 2.45) is 0 Å². The minimum absolute atomic E-state index is 0.0644. The van der Waals surface area contributed by atoms with E-state index in [1.165, 1.54) is 0 Å². The fourth-order valence-corrected chi connectivity index (χ4v) is 4.44. The van der Waals surface area contributed by atoms with Crippen molar-refractivity contribution in [2.45, 2.75) is 6.04 Å². The van der Waals surface area contributed by atoms with Crippen LogP contribution in [0.4, 0.5) is 5.69 Å². The Balaban J connectivity index is 1.57. The van der Waals surface area contributed by atoms with Gasteiger partial charge in [0.1, 0.15) is 6.54 Å². The Hall–Kier alpha value is -3.89. The van der Waals surface area contributed by atoms with Crippen molar-refractivity contribution < 1.29 is 9.59 Å². The lowest BCUT2D eigenvalue weighted by Crippen LogP contribution is -2.39. The third kappa shape index (κ3) is 4.26. The Morgan fingerprint density at radius 1 is 0.818 bits per heavy atom. The summed E-state index contributed by atoms with van der Waals surface area (Å²) >= 11 is 6.32. The summed E-state index contributed by atoms with van der Waals surface area (Å²) in [6.07, 6.45) is 0. The van der Waals surface area contributed by atoms with Crippen molar-refractivity contribution in [3.8, 4) is 11.1 Å². The predicted molar refractivity (Wildman–Crippen MR) is 131 cm³/mol. The van der Waals surface area contributed by atoms with Gasteiger partial charge in [-0.1, -0.05) is 84.4 Å². The molecule has 0 spiro atoms. The number of anilines is 1. The van der Waals surface area contributed by atoms with Gasteiger partial charge in [0.05, 0.1) is 6.04 Å². The number of nitrogens with zero attached hydrogens (tertiary/aromatic N) is 1. The van der Waals surface area contributed by atoms with Gasteiger partial charge in [-0.05, 0) is 47.0 Å². The predicted octanol–water partition coefficient (Wildman–Crippen LogP) is 6.19. The average molecular weight is 453 g/mol. The molecule has 1 aliphatic heterocycles. The fourth-order valence-electron chi connectivity index (χ4n) is 4.26. The Labute approximate surface area is 197 Å². The average Bonchev–Trinajstić information content (AvgIpc) is 3.00. The van der Waals surface area contributed by atoms with Gasteiger partial charge < -0.3 is 10.2 Å². The Morgan fingerprint density at radius 3 is 2.15 bits per heavy atom. The molecule has 1 N–H and O–H groups in total. The van der Waals surface area contributed by atoms with Crippen LogP contribution in [0.1, 0.15) is 27.5 Å². The van der Waals surface area contributed by atoms with E-state index in [4.69, 9.17) is 11.6 Å². The van der Waals surface area contributed by atoms with E-state index in [0.717, 1.165) is 22.3 Å². The molecule has 1 heterocycles. The van der Waals surface area contributed by atoms with Crippen LogP contribution in [-0.2, 0) is 4.79 Å². The van der Waals surface area contributed by atoms with Gasteiger partial charge in [0.15, 0.2) is 0 Å². The quantitative estimate of drug-likeness (QED) is 0.403. The minimum Gasteiger partial charge on any atom is -0.324 e. The largest absolute Gasteiger partial charge is 0.324 e. The highest BCUT2D eigenvalue weighted by atomic mass is 35.5. The summed E-state index contributed by atoms with van der Waals surface area (Å²) in [5, 5.41) is 3.47. The first-order chi connectivity index (χ1) is 16.1. The second-order valence-corrected chi connectivity index (χ2v) is 8.41. The Bertz CT molecular complexity index is 1310. The second kappa shape index (κ2) is 8.93. The van der Waals surface area contributed by atoms with Gasteiger partial charge in [0.25, 0.3) is 5.91 Å². The van der Waals surface area contributed by atoms with E-state index < -0.39 is 6.04 Å². The molecular weight excluding hydrogens is 432 g/mol. The summed E-state index contributed by atoms with van der Waals surface area (Å²) in [4.78, 5) is 28.1. The van der Waals surface area contributed by atoms with E-state index in [0.29, 0.717) is 16.3 Å².